The number of hydrogen-bond donors (Lipinski definition) is 1. The van der Waals surface area contributed by atoms with Gasteiger partial charge in [0.05, 0.1) is 0 Å². The van der Waals surface area contributed by atoms with Crippen molar-refractivity contribution in [1.82, 2.24) is 4.90 Å². The maximum absolute atomic E-state index is 12.5. The molecule has 0 heterocycles. The molecule has 0 aromatic heterocycles. The van der Waals surface area contributed by atoms with E-state index in [1.165, 1.54) is 12.6 Å². The van der Waals surface area contributed by atoms with Crippen molar-refractivity contribution < 1.29 is 4.79 Å². The molecule has 1 saturated carbocycles. The molecule has 0 saturated heterocycles. The van der Waals surface area contributed by atoms with Crippen LogP contribution < -0.4 is 5.32 Å². The summed E-state index contributed by atoms with van der Waals surface area (Å²) in [4.78, 5) is 14.2. The summed E-state index contributed by atoms with van der Waals surface area (Å²) in [6.07, 6.45) is 6.89. The first-order valence-electron chi connectivity index (χ1n) is 7.61. The third-order valence-corrected chi connectivity index (χ3v) is 4.48. The fourth-order valence-electron chi connectivity index (χ4n) is 2.76. The lowest BCUT2D eigenvalue weighted by Gasteiger charge is -2.31. The molecule has 1 aliphatic carbocycles. The van der Waals surface area contributed by atoms with E-state index in [-0.39, 0.29) is 17.5 Å². The van der Waals surface area contributed by atoms with Crippen LogP contribution in [-0.2, 0) is 4.79 Å². The van der Waals surface area contributed by atoms with Crippen molar-refractivity contribution in [3.63, 3.8) is 0 Å². The summed E-state index contributed by atoms with van der Waals surface area (Å²) in [5.41, 5.74) is 0.692. The van der Waals surface area contributed by atoms with Crippen LogP contribution in [0.1, 0.15) is 32.1 Å². The van der Waals surface area contributed by atoms with Crippen molar-refractivity contribution >= 4 is 34.8 Å². The fourth-order valence-corrected chi connectivity index (χ4v) is 3.28. The minimum absolute atomic E-state index is 0.0640. The number of hydrogen-bond acceptors (Lipinski definition) is 3. The molecule has 1 aromatic rings. The Kier molecular flexibility index (Phi) is 6.32. The molecule has 1 fully saturated rings. The van der Waals surface area contributed by atoms with E-state index in [0.717, 1.165) is 25.7 Å². The molecule has 0 unspecified atom stereocenters. The summed E-state index contributed by atoms with van der Waals surface area (Å²) in [5, 5.41) is 13.2. The third kappa shape index (κ3) is 4.89. The molecule has 122 valence electrons. The summed E-state index contributed by atoms with van der Waals surface area (Å²) in [7, 11) is 1.76. The Bertz CT molecular complexity index is 625. The Hall–Kier alpha value is -1.70. The summed E-state index contributed by atoms with van der Waals surface area (Å²) >= 11 is 11.9. The van der Waals surface area contributed by atoms with Gasteiger partial charge in [0, 0.05) is 35.0 Å². The molecule has 1 aromatic carbocycles. The lowest BCUT2D eigenvalue weighted by molar-refractivity contribution is -0.128. The Morgan fingerprint density at radius 1 is 1.26 bits per heavy atom. The van der Waals surface area contributed by atoms with E-state index in [1.54, 1.807) is 30.1 Å². The van der Waals surface area contributed by atoms with Crippen LogP contribution >= 0.6 is 23.2 Å². The van der Waals surface area contributed by atoms with Crippen molar-refractivity contribution in [3.05, 3.63) is 40.0 Å². The number of likely N-dealkylation sites (N-methyl/N-ethyl adjacent to an activating group) is 1. The molecule has 0 bridgehead atoms. The standard InChI is InChI=1S/C17H19Cl2N3O/c1-22(16-5-3-2-4-6-16)17(23)12(10-20)11-21-15-8-13(18)7-14(19)9-15/h7-9,11,16,21H,2-6H2,1H3/b12-11-. The van der Waals surface area contributed by atoms with Crippen LogP contribution in [0.25, 0.3) is 0 Å². The number of amides is 1. The van der Waals surface area contributed by atoms with E-state index in [2.05, 4.69) is 5.32 Å². The molecule has 4 nitrogen and oxygen atoms in total. The van der Waals surface area contributed by atoms with Crippen LogP contribution in [0.3, 0.4) is 0 Å². The van der Waals surface area contributed by atoms with Gasteiger partial charge in [-0.05, 0) is 31.0 Å². The van der Waals surface area contributed by atoms with Crippen molar-refractivity contribution in [3.8, 4) is 6.07 Å². The highest BCUT2D eigenvalue weighted by molar-refractivity contribution is 6.35. The molecule has 1 amide bonds. The lowest BCUT2D eigenvalue weighted by atomic mass is 9.94. The second kappa shape index (κ2) is 8.24. The first-order valence-corrected chi connectivity index (χ1v) is 8.37. The molecule has 0 atom stereocenters. The van der Waals surface area contributed by atoms with Gasteiger partial charge in [-0.2, -0.15) is 5.26 Å². The Morgan fingerprint density at radius 3 is 2.43 bits per heavy atom. The monoisotopic (exact) mass is 351 g/mol. The van der Waals surface area contributed by atoms with Gasteiger partial charge in [-0.1, -0.05) is 42.5 Å². The van der Waals surface area contributed by atoms with Gasteiger partial charge in [0.2, 0.25) is 0 Å². The lowest BCUT2D eigenvalue weighted by Crippen LogP contribution is -2.39. The second-order valence-corrected chi connectivity index (χ2v) is 6.55. The van der Waals surface area contributed by atoms with E-state index in [0.29, 0.717) is 15.7 Å². The predicted octanol–water partition coefficient (Wildman–Crippen LogP) is 4.60. The number of halogens is 2. The third-order valence-electron chi connectivity index (χ3n) is 4.04. The molecule has 1 N–H and O–H groups in total. The normalized spacial score (nSPS) is 15.8. The largest absolute Gasteiger partial charge is 0.360 e. The van der Waals surface area contributed by atoms with Gasteiger partial charge >= 0.3 is 0 Å². The summed E-state index contributed by atoms with van der Waals surface area (Å²) < 4.78 is 0. The van der Waals surface area contributed by atoms with E-state index in [1.807, 2.05) is 6.07 Å². The first-order chi connectivity index (χ1) is 11.0. The molecule has 0 aliphatic heterocycles. The molecule has 6 heteroatoms. The highest BCUT2D eigenvalue weighted by Gasteiger charge is 2.24. The number of nitriles is 1. The average molecular weight is 352 g/mol. The van der Waals surface area contributed by atoms with Crippen LogP contribution in [0.2, 0.25) is 10.0 Å². The van der Waals surface area contributed by atoms with Crippen LogP contribution in [0.4, 0.5) is 5.69 Å². The minimum Gasteiger partial charge on any atom is -0.360 e. The summed E-state index contributed by atoms with van der Waals surface area (Å²) in [5.74, 6) is -0.264. The SMILES string of the molecule is CN(C(=O)/C(C#N)=C\Nc1cc(Cl)cc(Cl)c1)C1CCCCC1. The van der Waals surface area contributed by atoms with Crippen LogP contribution in [0, 0.1) is 11.3 Å². The van der Waals surface area contributed by atoms with Crippen LogP contribution in [-0.4, -0.2) is 23.9 Å². The number of rotatable bonds is 4. The minimum atomic E-state index is -0.264. The zero-order valence-corrected chi connectivity index (χ0v) is 14.5. The quantitative estimate of drug-likeness (QED) is 0.636. The van der Waals surface area contributed by atoms with Crippen LogP contribution in [0.15, 0.2) is 30.0 Å². The van der Waals surface area contributed by atoms with Gasteiger partial charge < -0.3 is 10.2 Å². The number of benzene rings is 1. The van der Waals surface area contributed by atoms with Crippen molar-refractivity contribution in [2.75, 3.05) is 12.4 Å². The van der Waals surface area contributed by atoms with Gasteiger partial charge in [0.1, 0.15) is 11.6 Å². The van der Waals surface area contributed by atoms with E-state index >= 15 is 0 Å². The Balaban J connectivity index is 2.08. The summed E-state index contributed by atoms with van der Waals surface area (Å²) in [6, 6.07) is 7.15. The van der Waals surface area contributed by atoms with Gasteiger partial charge in [-0.3, -0.25) is 4.79 Å². The zero-order chi connectivity index (χ0) is 16.8. The van der Waals surface area contributed by atoms with E-state index in [9.17, 15) is 10.1 Å². The maximum Gasteiger partial charge on any atom is 0.266 e. The molecule has 23 heavy (non-hydrogen) atoms. The number of nitrogens with zero attached hydrogens (tertiary/aromatic N) is 2. The van der Waals surface area contributed by atoms with Gasteiger partial charge in [-0.25, -0.2) is 0 Å². The fraction of sp³-hybridized carbons (Fsp3) is 0.412. The molecular weight excluding hydrogens is 333 g/mol. The number of nitrogens with one attached hydrogen (secondary N) is 1. The average Bonchev–Trinajstić information content (AvgIpc) is 2.54. The van der Waals surface area contributed by atoms with Crippen molar-refractivity contribution in [2.45, 2.75) is 38.1 Å². The smallest absolute Gasteiger partial charge is 0.266 e. The molecule has 0 spiro atoms. The first kappa shape index (κ1) is 17.7. The van der Waals surface area contributed by atoms with Crippen molar-refractivity contribution in [2.24, 2.45) is 0 Å². The van der Waals surface area contributed by atoms with Crippen LogP contribution in [0.5, 0.6) is 0 Å². The van der Waals surface area contributed by atoms with Crippen molar-refractivity contribution in [1.29, 1.82) is 5.26 Å². The number of anilines is 1. The highest BCUT2D eigenvalue weighted by Crippen LogP contribution is 2.24. The van der Waals surface area contributed by atoms with E-state index in [4.69, 9.17) is 23.2 Å². The maximum atomic E-state index is 12.5. The number of carbonyl (C=O) groups is 1. The highest BCUT2D eigenvalue weighted by atomic mass is 35.5. The molecule has 2 rings (SSSR count). The second-order valence-electron chi connectivity index (χ2n) is 5.68. The van der Waals surface area contributed by atoms with E-state index < -0.39 is 0 Å². The van der Waals surface area contributed by atoms with Gasteiger partial charge in [-0.15, -0.1) is 0 Å². The Labute approximate surface area is 146 Å². The zero-order valence-electron chi connectivity index (χ0n) is 13.0. The van der Waals surface area contributed by atoms with Gasteiger partial charge in [0.15, 0.2) is 0 Å². The topological polar surface area (TPSA) is 56.1 Å². The van der Waals surface area contributed by atoms with Gasteiger partial charge in [0.25, 0.3) is 5.91 Å². The number of carbonyl (C=O) groups excluding carboxylic acids is 1. The molecule has 0 radical (unpaired) electrons. The molecular formula is C17H19Cl2N3O. The molecule has 1 aliphatic rings. The predicted molar refractivity (Wildman–Crippen MR) is 93.4 cm³/mol. The Morgan fingerprint density at radius 2 is 1.87 bits per heavy atom. The summed E-state index contributed by atoms with van der Waals surface area (Å²) in [6.45, 7) is 0.